The van der Waals surface area contributed by atoms with Crippen LogP contribution in [0.3, 0.4) is 0 Å². The first-order valence-electron chi connectivity index (χ1n) is 9.41. The third-order valence-corrected chi connectivity index (χ3v) is 5.01. The van der Waals surface area contributed by atoms with Crippen molar-refractivity contribution >= 4 is 40.6 Å². The highest BCUT2D eigenvalue weighted by Gasteiger charge is 2.06. The molecule has 1 heterocycles. The second-order valence-corrected chi connectivity index (χ2v) is 7.78. The van der Waals surface area contributed by atoms with E-state index in [-0.39, 0.29) is 11.8 Å². The molecule has 0 unspecified atom stereocenters. The van der Waals surface area contributed by atoms with E-state index in [9.17, 15) is 9.59 Å². The first-order chi connectivity index (χ1) is 14.4. The van der Waals surface area contributed by atoms with E-state index in [1.165, 1.54) is 13.0 Å². The molecule has 0 saturated heterocycles. The lowest BCUT2D eigenvalue weighted by molar-refractivity contribution is -0.114. The number of benzene rings is 2. The van der Waals surface area contributed by atoms with Crippen LogP contribution in [0.4, 0.5) is 11.4 Å². The van der Waals surface area contributed by atoms with E-state index in [0.717, 1.165) is 21.8 Å². The van der Waals surface area contributed by atoms with Crippen LogP contribution in [-0.2, 0) is 16.2 Å². The maximum atomic E-state index is 12.4. The van der Waals surface area contributed by atoms with E-state index >= 15 is 0 Å². The Balaban J connectivity index is 1.66. The third-order valence-electron chi connectivity index (χ3n) is 4.19. The Hall–Kier alpha value is -3.45. The maximum absolute atomic E-state index is 12.4. The van der Waals surface area contributed by atoms with Crippen molar-refractivity contribution in [1.29, 1.82) is 0 Å². The number of amides is 2. The molecule has 2 amide bonds. The molecule has 6 nitrogen and oxygen atoms in total. The molecule has 0 bridgehead atoms. The molecule has 0 aliphatic carbocycles. The Morgan fingerprint density at radius 1 is 1.13 bits per heavy atom. The van der Waals surface area contributed by atoms with Crippen molar-refractivity contribution in [3.05, 3.63) is 75.7 Å². The molecule has 0 saturated carbocycles. The quantitative estimate of drug-likeness (QED) is 0.529. The highest BCUT2D eigenvalue weighted by Crippen LogP contribution is 2.22. The third kappa shape index (κ3) is 6.02. The van der Waals surface area contributed by atoms with E-state index < -0.39 is 0 Å². The molecule has 0 aliphatic heterocycles. The van der Waals surface area contributed by atoms with Crippen LogP contribution in [0.15, 0.2) is 53.9 Å². The second kappa shape index (κ2) is 9.84. The topological polar surface area (TPSA) is 80.3 Å². The fraction of sp³-hybridized carbons (Fsp3) is 0.174. The largest absolute Gasteiger partial charge is 0.487 e. The predicted octanol–water partition coefficient (Wildman–Crippen LogP) is 4.95. The molecular formula is C23H23N3O3S. The van der Waals surface area contributed by atoms with Crippen molar-refractivity contribution < 1.29 is 14.3 Å². The summed E-state index contributed by atoms with van der Waals surface area (Å²) >= 11 is 1.58. The lowest BCUT2D eigenvalue weighted by Gasteiger charge is -2.10. The van der Waals surface area contributed by atoms with Gasteiger partial charge < -0.3 is 15.4 Å². The van der Waals surface area contributed by atoms with Gasteiger partial charge in [-0.1, -0.05) is 24.3 Å². The van der Waals surface area contributed by atoms with Crippen molar-refractivity contribution in [3.63, 3.8) is 0 Å². The van der Waals surface area contributed by atoms with Crippen molar-refractivity contribution in [3.8, 4) is 5.75 Å². The Morgan fingerprint density at radius 2 is 1.93 bits per heavy atom. The number of thiazole rings is 1. The Bertz CT molecular complexity index is 1090. The van der Waals surface area contributed by atoms with Crippen molar-refractivity contribution in [1.82, 2.24) is 4.98 Å². The molecule has 3 aromatic rings. The van der Waals surface area contributed by atoms with Gasteiger partial charge in [-0.2, -0.15) is 0 Å². The number of anilines is 2. The zero-order valence-electron chi connectivity index (χ0n) is 17.1. The van der Waals surface area contributed by atoms with Crippen LogP contribution in [-0.4, -0.2) is 16.8 Å². The van der Waals surface area contributed by atoms with Gasteiger partial charge in [-0.15, -0.1) is 11.3 Å². The number of hydrogen-bond donors (Lipinski definition) is 2. The van der Waals surface area contributed by atoms with E-state index in [0.29, 0.717) is 23.7 Å². The molecule has 2 aromatic carbocycles. The summed E-state index contributed by atoms with van der Waals surface area (Å²) in [6, 6.07) is 12.9. The summed E-state index contributed by atoms with van der Waals surface area (Å²) in [4.78, 5) is 28.1. The monoisotopic (exact) mass is 421 g/mol. The summed E-state index contributed by atoms with van der Waals surface area (Å²) in [5, 5.41) is 8.53. The highest BCUT2D eigenvalue weighted by molar-refractivity contribution is 7.09. The van der Waals surface area contributed by atoms with Gasteiger partial charge in [0.15, 0.2) is 0 Å². The van der Waals surface area contributed by atoms with Crippen LogP contribution >= 0.6 is 11.3 Å². The lowest BCUT2D eigenvalue weighted by atomic mass is 10.1. The molecule has 0 atom stereocenters. The van der Waals surface area contributed by atoms with Gasteiger partial charge in [0.05, 0.1) is 10.7 Å². The number of carbonyl (C=O) groups is 2. The first kappa shape index (κ1) is 21.3. The Labute approximate surface area is 179 Å². The molecule has 0 radical (unpaired) electrons. The highest BCUT2D eigenvalue weighted by atomic mass is 32.1. The summed E-state index contributed by atoms with van der Waals surface area (Å²) in [6.07, 6.45) is 3.16. The van der Waals surface area contributed by atoms with Crippen LogP contribution in [0.2, 0.25) is 0 Å². The van der Waals surface area contributed by atoms with Crippen molar-refractivity contribution in [2.45, 2.75) is 27.4 Å². The number of nitrogens with one attached hydrogen (secondary N) is 2. The van der Waals surface area contributed by atoms with Crippen LogP contribution in [0.5, 0.6) is 5.75 Å². The lowest BCUT2D eigenvalue weighted by Crippen LogP contribution is -2.10. The minimum absolute atomic E-state index is 0.161. The summed E-state index contributed by atoms with van der Waals surface area (Å²) in [6.45, 7) is 5.66. The van der Waals surface area contributed by atoms with E-state index in [1.807, 2.05) is 49.6 Å². The van der Waals surface area contributed by atoms with Gasteiger partial charge in [-0.25, -0.2) is 4.98 Å². The number of ether oxygens (including phenoxy) is 1. The molecule has 1 aromatic heterocycles. The molecule has 7 heteroatoms. The number of para-hydroxylation sites is 1. The van der Waals surface area contributed by atoms with Gasteiger partial charge in [0.1, 0.15) is 12.4 Å². The number of aryl methyl sites for hydroxylation is 2. The van der Waals surface area contributed by atoms with E-state index in [1.54, 1.807) is 29.5 Å². The number of rotatable bonds is 7. The van der Waals surface area contributed by atoms with Gasteiger partial charge in [-0.05, 0) is 43.7 Å². The summed E-state index contributed by atoms with van der Waals surface area (Å²) in [5.74, 6) is 0.235. The van der Waals surface area contributed by atoms with Gasteiger partial charge >= 0.3 is 0 Å². The molecule has 0 aliphatic rings. The first-order valence-corrected chi connectivity index (χ1v) is 10.3. The summed E-state index contributed by atoms with van der Waals surface area (Å²) < 4.78 is 5.87. The van der Waals surface area contributed by atoms with Gasteiger partial charge in [-0.3, -0.25) is 9.59 Å². The molecule has 154 valence electrons. The summed E-state index contributed by atoms with van der Waals surface area (Å²) in [5.41, 5.74) is 3.86. The Kier molecular flexibility index (Phi) is 6.98. The SMILES string of the molecule is CC(=O)Nc1cc(NC(=O)C=Cc2ccccc2OCc2csc(C)n2)ccc1C. The maximum Gasteiger partial charge on any atom is 0.248 e. The van der Waals surface area contributed by atoms with Crippen molar-refractivity contribution in [2.24, 2.45) is 0 Å². The molecule has 0 fully saturated rings. The number of aromatic nitrogens is 1. The zero-order chi connectivity index (χ0) is 21.5. The average Bonchev–Trinajstić information content (AvgIpc) is 3.13. The van der Waals surface area contributed by atoms with Gasteiger partial charge in [0.2, 0.25) is 11.8 Å². The minimum Gasteiger partial charge on any atom is -0.487 e. The fourth-order valence-corrected chi connectivity index (χ4v) is 3.35. The molecule has 3 rings (SSSR count). The normalized spacial score (nSPS) is 10.8. The van der Waals surface area contributed by atoms with E-state index in [4.69, 9.17) is 4.74 Å². The average molecular weight is 422 g/mol. The molecule has 0 spiro atoms. The van der Waals surface area contributed by atoms with Gasteiger partial charge in [0.25, 0.3) is 0 Å². The van der Waals surface area contributed by atoms with Crippen LogP contribution < -0.4 is 15.4 Å². The zero-order valence-corrected chi connectivity index (χ0v) is 17.9. The molecule has 30 heavy (non-hydrogen) atoms. The van der Waals surface area contributed by atoms with Crippen LogP contribution in [0.25, 0.3) is 6.08 Å². The number of carbonyl (C=O) groups excluding carboxylic acids is 2. The fourth-order valence-electron chi connectivity index (χ4n) is 2.75. The Morgan fingerprint density at radius 3 is 2.67 bits per heavy atom. The molecular weight excluding hydrogens is 398 g/mol. The number of nitrogens with zero attached hydrogens (tertiary/aromatic N) is 1. The minimum atomic E-state index is -0.280. The van der Waals surface area contributed by atoms with Crippen molar-refractivity contribution in [2.75, 3.05) is 10.6 Å². The summed E-state index contributed by atoms with van der Waals surface area (Å²) in [7, 11) is 0. The smallest absolute Gasteiger partial charge is 0.248 e. The van der Waals surface area contributed by atoms with Crippen LogP contribution in [0, 0.1) is 13.8 Å². The predicted molar refractivity (Wildman–Crippen MR) is 121 cm³/mol. The standard InChI is InChI=1S/C23H23N3O3S/c1-15-8-10-19(12-21(15)24-16(2)27)26-23(28)11-9-18-6-4-5-7-22(18)29-13-20-14-30-17(3)25-20/h4-12,14H,13H2,1-3H3,(H,24,27)(H,26,28). The molecule has 2 N–H and O–H groups in total. The van der Waals surface area contributed by atoms with E-state index in [2.05, 4.69) is 15.6 Å². The number of hydrogen-bond acceptors (Lipinski definition) is 5. The van der Waals surface area contributed by atoms with Crippen LogP contribution in [0.1, 0.15) is 28.8 Å². The van der Waals surface area contributed by atoms with Gasteiger partial charge in [0, 0.05) is 35.3 Å². The second-order valence-electron chi connectivity index (χ2n) is 6.72.